The molecule has 0 saturated carbocycles. The highest BCUT2D eigenvalue weighted by Crippen LogP contribution is 2.25. The van der Waals surface area contributed by atoms with Crippen molar-refractivity contribution in [2.45, 2.75) is 34.1 Å². The highest BCUT2D eigenvalue weighted by Gasteiger charge is 2.06. The molecule has 0 fully saturated rings. The molecule has 30 heavy (non-hydrogen) atoms. The van der Waals surface area contributed by atoms with Crippen molar-refractivity contribution in [3.63, 3.8) is 0 Å². The molecule has 0 radical (unpaired) electrons. The van der Waals surface area contributed by atoms with Crippen LogP contribution in [0.3, 0.4) is 0 Å². The Hall–Kier alpha value is -3.33. The molecular weight excluding hydrogens is 371 g/mol. The van der Waals surface area contributed by atoms with Crippen molar-refractivity contribution in [1.82, 2.24) is 4.98 Å². The first-order chi connectivity index (χ1) is 14.7. The van der Waals surface area contributed by atoms with E-state index in [2.05, 4.69) is 73.4 Å². The SMILES string of the molecule is C/C=c1\c(=C/CC)c(N=Cc2ccc(F)cn2)cc2c1ccc1ccccc12.CC. The molecule has 0 saturated heterocycles. The van der Waals surface area contributed by atoms with Gasteiger partial charge in [0.2, 0.25) is 0 Å². The summed E-state index contributed by atoms with van der Waals surface area (Å²) in [4.78, 5) is 8.81. The van der Waals surface area contributed by atoms with Crippen LogP contribution < -0.4 is 10.4 Å². The Balaban J connectivity index is 0.00000124. The fourth-order valence-electron chi connectivity index (χ4n) is 3.62. The van der Waals surface area contributed by atoms with Crippen molar-refractivity contribution in [3.05, 3.63) is 82.7 Å². The topological polar surface area (TPSA) is 25.2 Å². The van der Waals surface area contributed by atoms with Gasteiger partial charge in [0, 0.05) is 5.22 Å². The maximum Gasteiger partial charge on any atom is 0.141 e. The zero-order valence-corrected chi connectivity index (χ0v) is 18.0. The first kappa shape index (κ1) is 21.4. The minimum absolute atomic E-state index is 0.350. The van der Waals surface area contributed by atoms with Crippen LogP contribution in [0.4, 0.5) is 10.1 Å². The van der Waals surface area contributed by atoms with Gasteiger partial charge in [0.1, 0.15) is 5.82 Å². The van der Waals surface area contributed by atoms with Crippen molar-refractivity contribution in [1.29, 1.82) is 0 Å². The quantitative estimate of drug-likeness (QED) is 0.294. The second-order valence-electron chi connectivity index (χ2n) is 6.67. The van der Waals surface area contributed by atoms with Crippen LogP contribution in [0.15, 0.2) is 65.8 Å². The third-order valence-electron chi connectivity index (χ3n) is 4.89. The largest absolute Gasteiger partial charge is 0.254 e. The summed E-state index contributed by atoms with van der Waals surface area (Å²) in [7, 11) is 0. The number of hydrogen-bond acceptors (Lipinski definition) is 2. The lowest BCUT2D eigenvalue weighted by Crippen LogP contribution is -2.25. The molecule has 0 aliphatic rings. The molecule has 4 aromatic rings. The minimum atomic E-state index is -0.350. The summed E-state index contributed by atoms with van der Waals surface area (Å²) in [6, 6.07) is 17.9. The molecule has 152 valence electrons. The van der Waals surface area contributed by atoms with Crippen LogP contribution >= 0.6 is 0 Å². The molecule has 0 aliphatic carbocycles. The van der Waals surface area contributed by atoms with E-state index in [9.17, 15) is 4.39 Å². The molecule has 0 unspecified atom stereocenters. The molecule has 3 heteroatoms. The Morgan fingerprint density at radius 3 is 2.43 bits per heavy atom. The van der Waals surface area contributed by atoms with Gasteiger partial charge in [0.15, 0.2) is 0 Å². The lowest BCUT2D eigenvalue weighted by Gasteiger charge is -2.08. The van der Waals surface area contributed by atoms with Gasteiger partial charge >= 0.3 is 0 Å². The second-order valence-corrected chi connectivity index (χ2v) is 6.67. The Kier molecular flexibility index (Phi) is 7.08. The Morgan fingerprint density at radius 2 is 1.73 bits per heavy atom. The summed E-state index contributed by atoms with van der Waals surface area (Å²) < 4.78 is 13.1. The van der Waals surface area contributed by atoms with Crippen molar-refractivity contribution in [2.75, 3.05) is 0 Å². The normalized spacial score (nSPS) is 12.6. The van der Waals surface area contributed by atoms with E-state index in [1.165, 1.54) is 39.0 Å². The fraction of sp³-hybridized carbons (Fsp3) is 0.185. The fourth-order valence-corrected chi connectivity index (χ4v) is 3.62. The summed E-state index contributed by atoms with van der Waals surface area (Å²) in [6.45, 7) is 8.19. The molecule has 0 N–H and O–H groups in total. The van der Waals surface area contributed by atoms with E-state index in [0.29, 0.717) is 5.69 Å². The van der Waals surface area contributed by atoms with Gasteiger partial charge in [-0.3, -0.25) is 9.98 Å². The summed E-state index contributed by atoms with van der Waals surface area (Å²) >= 11 is 0. The predicted molar refractivity (Wildman–Crippen MR) is 128 cm³/mol. The number of rotatable bonds is 3. The molecule has 0 amide bonds. The third-order valence-corrected chi connectivity index (χ3v) is 4.89. The monoisotopic (exact) mass is 398 g/mol. The van der Waals surface area contributed by atoms with Crippen LogP contribution in [-0.4, -0.2) is 11.2 Å². The molecule has 3 aromatic carbocycles. The molecule has 0 spiro atoms. The number of pyridine rings is 1. The van der Waals surface area contributed by atoms with Gasteiger partial charge in [0.05, 0.1) is 23.8 Å². The zero-order valence-electron chi connectivity index (χ0n) is 18.0. The van der Waals surface area contributed by atoms with Crippen LogP contribution in [-0.2, 0) is 0 Å². The molecule has 0 aliphatic heterocycles. The van der Waals surface area contributed by atoms with E-state index in [1.807, 2.05) is 13.8 Å². The van der Waals surface area contributed by atoms with E-state index >= 15 is 0 Å². The summed E-state index contributed by atoms with van der Waals surface area (Å²) in [5, 5.41) is 7.12. The second kappa shape index (κ2) is 9.93. The van der Waals surface area contributed by atoms with Crippen LogP contribution in [0.5, 0.6) is 0 Å². The maximum atomic E-state index is 13.1. The highest BCUT2D eigenvalue weighted by molar-refractivity contribution is 6.08. The smallest absolute Gasteiger partial charge is 0.141 e. The number of hydrogen-bond donors (Lipinski definition) is 0. The van der Waals surface area contributed by atoms with Crippen LogP contribution in [0.25, 0.3) is 33.7 Å². The molecular formula is C27H27FN2. The van der Waals surface area contributed by atoms with Gasteiger partial charge in [-0.05, 0) is 58.3 Å². The number of fused-ring (bicyclic) bond motifs is 3. The van der Waals surface area contributed by atoms with Gasteiger partial charge < -0.3 is 0 Å². The number of nitrogens with zero attached hydrogens (tertiary/aromatic N) is 2. The van der Waals surface area contributed by atoms with Crippen molar-refractivity contribution < 1.29 is 4.39 Å². The Bertz CT molecular complexity index is 1300. The van der Waals surface area contributed by atoms with E-state index in [0.717, 1.165) is 17.3 Å². The van der Waals surface area contributed by atoms with Gasteiger partial charge in [-0.25, -0.2) is 4.39 Å². The molecule has 0 bridgehead atoms. The minimum Gasteiger partial charge on any atom is -0.254 e. The van der Waals surface area contributed by atoms with Crippen LogP contribution in [0, 0.1) is 5.82 Å². The van der Waals surface area contributed by atoms with Crippen LogP contribution in [0.2, 0.25) is 0 Å². The Labute approximate surface area is 177 Å². The molecule has 2 nitrogen and oxygen atoms in total. The molecule has 0 atom stereocenters. The average Bonchev–Trinajstić information content (AvgIpc) is 2.80. The first-order valence-electron chi connectivity index (χ1n) is 10.5. The predicted octanol–water partition coefficient (Wildman–Crippen LogP) is 6.29. The van der Waals surface area contributed by atoms with E-state index in [1.54, 1.807) is 12.3 Å². The number of halogens is 1. The van der Waals surface area contributed by atoms with Gasteiger partial charge in [-0.2, -0.15) is 0 Å². The lowest BCUT2D eigenvalue weighted by atomic mass is 9.98. The van der Waals surface area contributed by atoms with Gasteiger partial charge in [-0.15, -0.1) is 0 Å². The van der Waals surface area contributed by atoms with Crippen molar-refractivity contribution in [3.8, 4) is 0 Å². The highest BCUT2D eigenvalue weighted by atomic mass is 19.1. The number of benzene rings is 3. The van der Waals surface area contributed by atoms with Crippen molar-refractivity contribution in [2.24, 2.45) is 4.99 Å². The van der Waals surface area contributed by atoms with Crippen molar-refractivity contribution >= 4 is 45.6 Å². The van der Waals surface area contributed by atoms with E-state index in [-0.39, 0.29) is 5.82 Å². The van der Waals surface area contributed by atoms with Gasteiger partial charge in [0.25, 0.3) is 0 Å². The van der Waals surface area contributed by atoms with E-state index in [4.69, 9.17) is 4.99 Å². The average molecular weight is 399 g/mol. The maximum absolute atomic E-state index is 13.1. The van der Waals surface area contributed by atoms with E-state index < -0.39 is 0 Å². The summed E-state index contributed by atoms with van der Waals surface area (Å²) in [6.07, 6.45) is 8.16. The first-order valence-corrected chi connectivity index (χ1v) is 10.5. The third kappa shape index (κ3) is 4.30. The van der Waals surface area contributed by atoms with Crippen LogP contribution in [0.1, 0.15) is 39.8 Å². The molecule has 1 heterocycles. The standard InChI is InChI=1S/C25H21FN2.C2H6/c1-3-7-23-20(4-2)22-13-10-17-8-5-6-9-21(17)24(22)14-25(23)28-16-19-12-11-18(26)15-27-19;1-2/h4-16H,3H2,1-2H3;1-2H3/b20-4-,23-7+,28-16?;. The Morgan fingerprint density at radius 1 is 0.933 bits per heavy atom. The number of aromatic nitrogens is 1. The molecule has 1 aromatic heterocycles. The number of aliphatic imine (C=N–C) groups is 1. The summed E-state index contributed by atoms with van der Waals surface area (Å²) in [5.74, 6) is -0.350. The molecule has 4 rings (SSSR count). The van der Waals surface area contributed by atoms with Gasteiger partial charge in [-0.1, -0.05) is 69.3 Å². The lowest BCUT2D eigenvalue weighted by molar-refractivity contribution is 0.621. The summed E-state index contributed by atoms with van der Waals surface area (Å²) in [5.41, 5.74) is 1.52. The zero-order chi connectivity index (χ0) is 21.5.